The Labute approximate surface area is 91.8 Å². The van der Waals surface area contributed by atoms with Crippen molar-refractivity contribution in [1.82, 2.24) is 0 Å². The van der Waals surface area contributed by atoms with Gasteiger partial charge >= 0.3 is 0 Å². The van der Waals surface area contributed by atoms with Crippen molar-refractivity contribution < 1.29 is 14.6 Å². The van der Waals surface area contributed by atoms with Gasteiger partial charge in [0.2, 0.25) is 5.76 Å². The maximum absolute atomic E-state index is 11.0. The zero-order chi connectivity index (χ0) is 10.7. The van der Waals surface area contributed by atoms with E-state index in [4.69, 9.17) is 4.74 Å². The van der Waals surface area contributed by atoms with Crippen molar-refractivity contribution in [2.75, 3.05) is 5.75 Å². The summed E-state index contributed by atoms with van der Waals surface area (Å²) in [5.74, 6) is 0.571. The van der Waals surface area contributed by atoms with Crippen LogP contribution in [0.15, 0.2) is 41.9 Å². The fourth-order valence-corrected chi connectivity index (χ4v) is 1.97. The summed E-state index contributed by atoms with van der Waals surface area (Å²) in [6.45, 7) is 0.383. The Hall–Kier alpha value is -1.42. The molecule has 1 aliphatic heterocycles. The van der Waals surface area contributed by atoms with E-state index in [-0.39, 0.29) is 10.9 Å². The molecule has 15 heavy (non-hydrogen) atoms. The van der Waals surface area contributed by atoms with E-state index in [1.165, 1.54) is 0 Å². The lowest BCUT2D eigenvalue weighted by Gasteiger charge is -2.05. The zero-order valence-electron chi connectivity index (χ0n) is 7.97. The van der Waals surface area contributed by atoms with Crippen molar-refractivity contribution in [3.8, 4) is 0 Å². The monoisotopic (exact) mass is 222 g/mol. The lowest BCUT2D eigenvalue weighted by atomic mass is 10.2. The molecule has 3 nitrogen and oxygen atoms in total. The number of rotatable bonds is 3. The first kappa shape index (κ1) is 10.1. The van der Waals surface area contributed by atoms with Gasteiger partial charge in [-0.2, -0.15) is 0 Å². The van der Waals surface area contributed by atoms with Gasteiger partial charge in [0.1, 0.15) is 6.61 Å². The highest BCUT2D eigenvalue weighted by molar-refractivity contribution is 8.14. The minimum absolute atomic E-state index is 0.240. The lowest BCUT2D eigenvalue weighted by Crippen LogP contribution is -1.97. The van der Waals surface area contributed by atoms with E-state index in [2.05, 4.69) is 0 Å². The van der Waals surface area contributed by atoms with Gasteiger partial charge in [0.15, 0.2) is 5.76 Å². The number of carbonyl (C=O) groups excluding carboxylic acids is 1. The summed E-state index contributed by atoms with van der Waals surface area (Å²) in [5.41, 5.74) is 1.02. The molecule has 0 aliphatic carbocycles. The van der Waals surface area contributed by atoms with Crippen LogP contribution in [0.4, 0.5) is 0 Å². The number of carbonyl (C=O) groups is 1. The third kappa shape index (κ3) is 2.33. The van der Waals surface area contributed by atoms with E-state index in [0.29, 0.717) is 18.1 Å². The molecule has 0 radical (unpaired) electrons. The highest BCUT2D eigenvalue weighted by Crippen LogP contribution is 2.25. The van der Waals surface area contributed by atoms with Crippen LogP contribution in [0.5, 0.6) is 0 Å². The van der Waals surface area contributed by atoms with E-state index in [1.807, 2.05) is 30.3 Å². The summed E-state index contributed by atoms with van der Waals surface area (Å²) in [5, 5.41) is 9.01. The van der Waals surface area contributed by atoms with Gasteiger partial charge in [-0.25, -0.2) is 0 Å². The molecule has 0 amide bonds. The van der Waals surface area contributed by atoms with Gasteiger partial charge in [0.25, 0.3) is 5.12 Å². The van der Waals surface area contributed by atoms with Crippen LogP contribution >= 0.6 is 11.8 Å². The van der Waals surface area contributed by atoms with Crippen LogP contribution in [-0.2, 0) is 16.1 Å². The molecule has 4 heteroatoms. The Morgan fingerprint density at radius 2 is 2.07 bits per heavy atom. The molecule has 1 aromatic rings. The molecule has 0 atom stereocenters. The summed E-state index contributed by atoms with van der Waals surface area (Å²) in [6.07, 6.45) is 0. The van der Waals surface area contributed by atoms with Crippen molar-refractivity contribution >= 4 is 16.9 Å². The van der Waals surface area contributed by atoms with E-state index in [1.54, 1.807) is 0 Å². The Bertz CT molecular complexity index is 398. The molecule has 1 aliphatic rings. The molecule has 0 saturated carbocycles. The van der Waals surface area contributed by atoms with Crippen LogP contribution < -0.4 is 0 Å². The standard InChI is InChI=1S/C11H10O3S/c12-10-9(7-15-11(10)13)14-6-8-4-2-1-3-5-8/h1-5,12H,6-7H2. The average Bonchev–Trinajstić information content (AvgIpc) is 2.59. The van der Waals surface area contributed by atoms with E-state index in [0.717, 1.165) is 17.3 Å². The number of aliphatic hydroxyl groups is 1. The Balaban J connectivity index is 1.97. The molecular weight excluding hydrogens is 212 g/mol. The summed E-state index contributed by atoms with van der Waals surface area (Å²) in [7, 11) is 0. The van der Waals surface area contributed by atoms with Crippen LogP contribution in [0.2, 0.25) is 0 Å². The molecule has 0 unspecified atom stereocenters. The van der Waals surface area contributed by atoms with Crippen LogP contribution in [0.3, 0.4) is 0 Å². The third-order valence-electron chi connectivity index (χ3n) is 2.05. The van der Waals surface area contributed by atoms with Gasteiger partial charge in [0, 0.05) is 0 Å². The van der Waals surface area contributed by atoms with Crippen molar-refractivity contribution in [2.45, 2.75) is 6.61 Å². The van der Waals surface area contributed by atoms with Gasteiger partial charge in [-0.1, -0.05) is 42.1 Å². The van der Waals surface area contributed by atoms with Crippen LogP contribution in [0.1, 0.15) is 5.56 Å². The summed E-state index contributed by atoms with van der Waals surface area (Å²) >= 11 is 1.06. The number of ether oxygens (including phenoxy) is 1. The molecule has 1 N–H and O–H groups in total. The predicted molar refractivity (Wildman–Crippen MR) is 58.4 cm³/mol. The molecule has 1 heterocycles. The molecular formula is C11H10O3S. The van der Waals surface area contributed by atoms with Gasteiger partial charge in [0.05, 0.1) is 5.75 Å². The second-order valence-electron chi connectivity index (χ2n) is 3.12. The van der Waals surface area contributed by atoms with Crippen LogP contribution in [0, 0.1) is 0 Å². The molecule has 1 aromatic carbocycles. The minimum atomic E-state index is -0.307. The smallest absolute Gasteiger partial charge is 0.257 e. The normalized spacial score (nSPS) is 15.9. The molecule has 0 aromatic heterocycles. The van der Waals surface area contributed by atoms with Crippen molar-refractivity contribution in [2.24, 2.45) is 0 Å². The molecule has 0 bridgehead atoms. The van der Waals surface area contributed by atoms with Gasteiger partial charge in [-0.05, 0) is 5.56 Å². The maximum Gasteiger partial charge on any atom is 0.257 e. The molecule has 0 spiro atoms. The SMILES string of the molecule is O=C1SCC(OCc2ccccc2)=C1O. The number of benzene rings is 1. The number of hydrogen-bond acceptors (Lipinski definition) is 4. The topological polar surface area (TPSA) is 46.5 Å². The van der Waals surface area contributed by atoms with Gasteiger partial charge in [-0.15, -0.1) is 0 Å². The quantitative estimate of drug-likeness (QED) is 0.852. The second-order valence-corrected chi connectivity index (χ2v) is 4.07. The zero-order valence-corrected chi connectivity index (χ0v) is 8.79. The molecule has 2 rings (SSSR count). The number of thioether (sulfide) groups is 1. The van der Waals surface area contributed by atoms with E-state index in [9.17, 15) is 9.90 Å². The van der Waals surface area contributed by atoms with Crippen molar-refractivity contribution in [3.05, 3.63) is 47.4 Å². The first-order chi connectivity index (χ1) is 7.27. The third-order valence-corrected chi connectivity index (χ3v) is 2.91. The minimum Gasteiger partial charge on any atom is -0.501 e. The highest BCUT2D eigenvalue weighted by atomic mass is 32.2. The van der Waals surface area contributed by atoms with Gasteiger partial charge in [-0.3, -0.25) is 4.79 Å². The van der Waals surface area contributed by atoms with Gasteiger partial charge < -0.3 is 9.84 Å². The fraction of sp³-hybridized carbons (Fsp3) is 0.182. The predicted octanol–water partition coefficient (Wildman–Crippen LogP) is 2.25. The summed E-state index contributed by atoms with van der Waals surface area (Å²) in [6, 6.07) is 9.63. The Morgan fingerprint density at radius 3 is 2.67 bits per heavy atom. The molecule has 0 saturated heterocycles. The van der Waals surface area contributed by atoms with Crippen LogP contribution in [-0.4, -0.2) is 16.0 Å². The average molecular weight is 222 g/mol. The number of hydrogen-bond donors (Lipinski definition) is 1. The highest BCUT2D eigenvalue weighted by Gasteiger charge is 2.24. The second kappa shape index (κ2) is 4.40. The van der Waals surface area contributed by atoms with E-state index >= 15 is 0 Å². The first-order valence-electron chi connectivity index (χ1n) is 4.53. The number of aliphatic hydroxyl groups excluding tert-OH is 1. The first-order valence-corrected chi connectivity index (χ1v) is 5.52. The van der Waals surface area contributed by atoms with Crippen molar-refractivity contribution in [1.29, 1.82) is 0 Å². The van der Waals surface area contributed by atoms with Crippen LogP contribution in [0.25, 0.3) is 0 Å². The summed E-state index contributed by atoms with van der Waals surface area (Å²) in [4.78, 5) is 11.0. The Kier molecular flexibility index (Phi) is 2.97. The lowest BCUT2D eigenvalue weighted by molar-refractivity contribution is -0.110. The molecule has 78 valence electrons. The van der Waals surface area contributed by atoms with Crippen molar-refractivity contribution in [3.63, 3.8) is 0 Å². The Morgan fingerprint density at radius 1 is 1.33 bits per heavy atom. The summed E-state index contributed by atoms with van der Waals surface area (Å²) < 4.78 is 5.36. The fourth-order valence-electron chi connectivity index (χ4n) is 1.24. The maximum atomic E-state index is 11.0. The van der Waals surface area contributed by atoms with E-state index < -0.39 is 0 Å². The largest absolute Gasteiger partial charge is 0.501 e. The molecule has 0 fully saturated rings.